The first-order chi connectivity index (χ1) is 8.74. The summed E-state index contributed by atoms with van der Waals surface area (Å²) in [4.78, 5) is 4.04. The van der Waals surface area contributed by atoms with Gasteiger partial charge < -0.3 is 10.5 Å². The van der Waals surface area contributed by atoms with Crippen molar-refractivity contribution in [3.8, 4) is 11.5 Å². The second kappa shape index (κ2) is 5.85. The van der Waals surface area contributed by atoms with E-state index in [0.29, 0.717) is 12.3 Å². The molecule has 2 N–H and O–H groups in total. The minimum Gasteiger partial charge on any atom is -0.455 e. The van der Waals surface area contributed by atoms with Crippen molar-refractivity contribution in [1.29, 1.82) is 0 Å². The molecular weight excluding hydrogens is 248 g/mol. The standard InChI is InChI=1S/C14H15ClN2O/c1-2-10-7-12(3-4-13(10)15)18-14-9-17-6-5-11(14)8-16/h3-7,9H,2,8,16H2,1H3. The van der Waals surface area contributed by atoms with Gasteiger partial charge in [-0.1, -0.05) is 18.5 Å². The molecule has 0 unspecified atom stereocenters. The lowest BCUT2D eigenvalue weighted by molar-refractivity contribution is 0.473. The van der Waals surface area contributed by atoms with Gasteiger partial charge in [-0.2, -0.15) is 0 Å². The van der Waals surface area contributed by atoms with E-state index in [1.807, 2.05) is 24.3 Å². The number of halogens is 1. The number of ether oxygens (including phenoxy) is 1. The van der Waals surface area contributed by atoms with Crippen LogP contribution in [0.15, 0.2) is 36.7 Å². The Hall–Kier alpha value is -1.58. The number of aryl methyl sites for hydroxylation is 1. The van der Waals surface area contributed by atoms with Crippen LogP contribution in [-0.2, 0) is 13.0 Å². The van der Waals surface area contributed by atoms with Crippen LogP contribution in [0.1, 0.15) is 18.1 Å². The zero-order valence-corrected chi connectivity index (χ0v) is 10.9. The number of nitrogens with zero attached hydrogens (tertiary/aromatic N) is 1. The third kappa shape index (κ3) is 2.81. The molecule has 0 aliphatic carbocycles. The van der Waals surface area contributed by atoms with E-state index in [2.05, 4.69) is 11.9 Å². The van der Waals surface area contributed by atoms with Crippen LogP contribution in [0.25, 0.3) is 0 Å². The Balaban J connectivity index is 2.28. The SMILES string of the molecule is CCc1cc(Oc2cnccc2CN)ccc1Cl. The van der Waals surface area contributed by atoms with Crippen molar-refractivity contribution >= 4 is 11.6 Å². The molecule has 18 heavy (non-hydrogen) atoms. The monoisotopic (exact) mass is 262 g/mol. The number of pyridine rings is 1. The van der Waals surface area contributed by atoms with Gasteiger partial charge in [-0.25, -0.2) is 0 Å². The van der Waals surface area contributed by atoms with Crippen LogP contribution in [0.2, 0.25) is 5.02 Å². The smallest absolute Gasteiger partial charge is 0.150 e. The van der Waals surface area contributed by atoms with Crippen molar-refractivity contribution in [2.45, 2.75) is 19.9 Å². The summed E-state index contributed by atoms with van der Waals surface area (Å²) in [5.41, 5.74) is 7.65. The van der Waals surface area contributed by atoms with Crippen molar-refractivity contribution in [3.63, 3.8) is 0 Å². The third-order valence-electron chi connectivity index (χ3n) is 2.72. The lowest BCUT2D eigenvalue weighted by Crippen LogP contribution is -2.00. The topological polar surface area (TPSA) is 48.1 Å². The molecule has 2 aromatic rings. The van der Waals surface area contributed by atoms with E-state index in [1.165, 1.54) is 0 Å². The maximum absolute atomic E-state index is 6.07. The summed E-state index contributed by atoms with van der Waals surface area (Å²) in [6.07, 6.45) is 4.24. The normalized spacial score (nSPS) is 10.4. The largest absolute Gasteiger partial charge is 0.455 e. The number of hydrogen-bond donors (Lipinski definition) is 1. The van der Waals surface area contributed by atoms with Gasteiger partial charge in [-0.3, -0.25) is 4.98 Å². The Morgan fingerprint density at radius 1 is 1.28 bits per heavy atom. The van der Waals surface area contributed by atoms with Crippen LogP contribution in [0.3, 0.4) is 0 Å². The summed E-state index contributed by atoms with van der Waals surface area (Å²) in [5.74, 6) is 1.43. The van der Waals surface area contributed by atoms with Gasteiger partial charge in [0.05, 0.1) is 6.20 Å². The van der Waals surface area contributed by atoms with Crippen LogP contribution in [-0.4, -0.2) is 4.98 Å². The fraction of sp³-hybridized carbons (Fsp3) is 0.214. The van der Waals surface area contributed by atoms with E-state index in [9.17, 15) is 0 Å². The summed E-state index contributed by atoms with van der Waals surface area (Å²) in [5, 5.41) is 0.759. The van der Waals surface area contributed by atoms with Gasteiger partial charge in [-0.15, -0.1) is 0 Å². The minimum absolute atomic E-state index is 0.423. The van der Waals surface area contributed by atoms with Crippen molar-refractivity contribution < 1.29 is 4.74 Å². The predicted octanol–water partition coefficient (Wildman–Crippen LogP) is 3.55. The molecule has 0 atom stereocenters. The number of rotatable bonds is 4. The molecule has 0 aliphatic heterocycles. The average molecular weight is 263 g/mol. The molecule has 1 heterocycles. The zero-order valence-electron chi connectivity index (χ0n) is 10.2. The van der Waals surface area contributed by atoms with Gasteiger partial charge >= 0.3 is 0 Å². The molecular formula is C14H15ClN2O. The van der Waals surface area contributed by atoms with Gasteiger partial charge in [0.15, 0.2) is 0 Å². The Bertz CT molecular complexity index is 543. The first-order valence-electron chi connectivity index (χ1n) is 5.83. The summed E-state index contributed by atoms with van der Waals surface area (Å²) in [6, 6.07) is 7.48. The van der Waals surface area contributed by atoms with E-state index >= 15 is 0 Å². The van der Waals surface area contributed by atoms with Crippen LogP contribution in [0, 0.1) is 0 Å². The molecule has 94 valence electrons. The zero-order chi connectivity index (χ0) is 13.0. The van der Waals surface area contributed by atoms with Crippen LogP contribution in [0.5, 0.6) is 11.5 Å². The molecule has 0 saturated carbocycles. The summed E-state index contributed by atoms with van der Waals surface area (Å²) < 4.78 is 5.80. The van der Waals surface area contributed by atoms with Gasteiger partial charge in [0.2, 0.25) is 0 Å². The summed E-state index contributed by atoms with van der Waals surface area (Å²) >= 11 is 6.07. The number of hydrogen-bond acceptors (Lipinski definition) is 3. The first-order valence-corrected chi connectivity index (χ1v) is 6.21. The average Bonchev–Trinajstić information content (AvgIpc) is 2.41. The molecule has 0 spiro atoms. The van der Waals surface area contributed by atoms with Crippen LogP contribution in [0.4, 0.5) is 0 Å². The maximum Gasteiger partial charge on any atom is 0.150 e. The fourth-order valence-corrected chi connectivity index (χ4v) is 1.93. The lowest BCUT2D eigenvalue weighted by Gasteiger charge is -2.10. The second-order valence-electron chi connectivity index (χ2n) is 3.90. The molecule has 1 aromatic heterocycles. The summed E-state index contributed by atoms with van der Waals surface area (Å²) in [6.45, 7) is 2.48. The van der Waals surface area contributed by atoms with E-state index in [1.54, 1.807) is 12.4 Å². The van der Waals surface area contributed by atoms with Crippen molar-refractivity contribution in [1.82, 2.24) is 4.98 Å². The van der Waals surface area contributed by atoms with Crippen molar-refractivity contribution in [2.75, 3.05) is 0 Å². The second-order valence-corrected chi connectivity index (χ2v) is 4.30. The molecule has 0 saturated heterocycles. The molecule has 1 aromatic carbocycles. The Kier molecular flexibility index (Phi) is 4.18. The summed E-state index contributed by atoms with van der Waals surface area (Å²) in [7, 11) is 0. The van der Waals surface area contributed by atoms with Gasteiger partial charge in [0.25, 0.3) is 0 Å². The molecule has 0 aliphatic rings. The van der Waals surface area contributed by atoms with E-state index in [-0.39, 0.29) is 0 Å². The van der Waals surface area contributed by atoms with E-state index in [4.69, 9.17) is 22.1 Å². The molecule has 3 nitrogen and oxygen atoms in total. The van der Waals surface area contributed by atoms with E-state index in [0.717, 1.165) is 28.3 Å². The highest BCUT2D eigenvalue weighted by Gasteiger charge is 2.05. The van der Waals surface area contributed by atoms with Crippen molar-refractivity contribution in [3.05, 3.63) is 52.8 Å². The number of benzene rings is 1. The molecule has 0 amide bonds. The van der Waals surface area contributed by atoms with E-state index < -0.39 is 0 Å². The number of nitrogens with two attached hydrogens (primary N) is 1. The lowest BCUT2D eigenvalue weighted by atomic mass is 10.1. The molecule has 4 heteroatoms. The van der Waals surface area contributed by atoms with Crippen LogP contribution >= 0.6 is 11.6 Å². The van der Waals surface area contributed by atoms with Gasteiger partial charge in [0.1, 0.15) is 11.5 Å². The predicted molar refractivity (Wildman–Crippen MR) is 73.0 cm³/mol. The van der Waals surface area contributed by atoms with Crippen molar-refractivity contribution in [2.24, 2.45) is 5.73 Å². The van der Waals surface area contributed by atoms with Crippen LogP contribution < -0.4 is 10.5 Å². The third-order valence-corrected chi connectivity index (χ3v) is 3.08. The Morgan fingerprint density at radius 3 is 2.83 bits per heavy atom. The highest BCUT2D eigenvalue weighted by molar-refractivity contribution is 6.31. The number of aromatic nitrogens is 1. The van der Waals surface area contributed by atoms with Gasteiger partial charge in [-0.05, 0) is 36.2 Å². The highest BCUT2D eigenvalue weighted by Crippen LogP contribution is 2.28. The van der Waals surface area contributed by atoms with Gasteiger partial charge in [0, 0.05) is 23.3 Å². The first kappa shape index (κ1) is 12.9. The molecule has 0 radical (unpaired) electrons. The quantitative estimate of drug-likeness (QED) is 0.917. The fourth-order valence-electron chi connectivity index (χ4n) is 1.68. The Labute approximate surface area is 112 Å². The highest BCUT2D eigenvalue weighted by atomic mass is 35.5. The maximum atomic E-state index is 6.07. The Morgan fingerprint density at radius 2 is 2.11 bits per heavy atom. The molecule has 2 rings (SSSR count). The minimum atomic E-state index is 0.423. The molecule has 0 bridgehead atoms. The molecule has 0 fully saturated rings.